The summed E-state index contributed by atoms with van der Waals surface area (Å²) in [5, 5.41) is 1.60. The second-order valence-corrected chi connectivity index (χ2v) is 5.31. The first-order chi connectivity index (χ1) is 8.99. The maximum Gasteiger partial charge on any atom is 0.263 e. The third kappa shape index (κ3) is 2.06. The number of rotatable bonds is 5. The minimum absolute atomic E-state index is 0.0586. The van der Waals surface area contributed by atoms with Gasteiger partial charge in [-0.15, -0.1) is 11.3 Å². The quantitative estimate of drug-likeness (QED) is 0.626. The van der Waals surface area contributed by atoms with E-state index in [1.807, 2.05) is 0 Å². The molecule has 0 fully saturated rings. The predicted octanol–water partition coefficient (Wildman–Crippen LogP) is 0.486. The molecule has 0 saturated heterocycles. The van der Waals surface area contributed by atoms with Crippen LogP contribution in [0.2, 0.25) is 0 Å². The Morgan fingerprint density at radius 3 is 2.68 bits per heavy atom. The Bertz CT molecular complexity index is 578. The Morgan fingerprint density at radius 2 is 2.16 bits per heavy atom. The van der Waals surface area contributed by atoms with Crippen molar-refractivity contribution in [1.29, 1.82) is 0 Å². The lowest BCUT2D eigenvalue weighted by atomic mass is 10.1. The molecule has 0 spiro atoms. The van der Waals surface area contributed by atoms with Crippen LogP contribution in [0.4, 0.5) is 0 Å². The summed E-state index contributed by atoms with van der Waals surface area (Å²) in [6, 6.07) is -1.07. The lowest BCUT2D eigenvalue weighted by Gasteiger charge is -2.22. The van der Waals surface area contributed by atoms with Crippen molar-refractivity contribution in [3.05, 3.63) is 21.4 Å². The van der Waals surface area contributed by atoms with Gasteiger partial charge in [0.15, 0.2) is 0 Å². The summed E-state index contributed by atoms with van der Waals surface area (Å²) < 4.78 is 0. The molecular weight excluding hydrogens is 268 g/mol. The topological polar surface area (TPSA) is 97.5 Å². The first-order valence-electron chi connectivity index (χ1n) is 5.68. The van der Waals surface area contributed by atoms with Crippen molar-refractivity contribution in [3.63, 3.8) is 0 Å². The number of hydrogen-bond acceptors (Lipinski definition) is 5. The Labute approximate surface area is 113 Å². The minimum atomic E-state index is -1.07. The maximum absolute atomic E-state index is 12.2. The van der Waals surface area contributed by atoms with Crippen molar-refractivity contribution in [2.75, 3.05) is 0 Å². The van der Waals surface area contributed by atoms with Crippen LogP contribution in [-0.4, -0.2) is 34.9 Å². The number of thiophene rings is 1. The second kappa shape index (κ2) is 4.93. The van der Waals surface area contributed by atoms with Gasteiger partial charge in [-0.25, -0.2) is 0 Å². The molecule has 0 bridgehead atoms. The van der Waals surface area contributed by atoms with Gasteiger partial charge in [-0.1, -0.05) is 0 Å². The number of carbonyl (C=O) groups excluding carboxylic acids is 4. The van der Waals surface area contributed by atoms with Crippen molar-refractivity contribution < 1.29 is 19.2 Å². The Kier molecular flexibility index (Phi) is 3.48. The highest BCUT2D eigenvalue weighted by atomic mass is 32.1. The van der Waals surface area contributed by atoms with Gasteiger partial charge in [0.1, 0.15) is 12.3 Å². The van der Waals surface area contributed by atoms with Gasteiger partial charge in [-0.05, 0) is 13.3 Å². The highest BCUT2D eigenvalue weighted by molar-refractivity contribution is 7.10. The summed E-state index contributed by atoms with van der Waals surface area (Å²) in [6.45, 7) is 1.74. The molecule has 0 aromatic carbocycles. The van der Waals surface area contributed by atoms with Gasteiger partial charge in [0.05, 0.1) is 11.1 Å². The van der Waals surface area contributed by atoms with E-state index in [1.165, 1.54) is 11.3 Å². The summed E-state index contributed by atoms with van der Waals surface area (Å²) >= 11 is 1.31. The molecule has 6 nitrogen and oxygen atoms in total. The molecule has 1 aromatic rings. The van der Waals surface area contributed by atoms with E-state index < -0.39 is 23.8 Å². The van der Waals surface area contributed by atoms with E-state index in [1.54, 1.807) is 12.3 Å². The maximum atomic E-state index is 12.2. The summed E-state index contributed by atoms with van der Waals surface area (Å²) in [5.41, 5.74) is 5.88. The molecule has 1 aliphatic heterocycles. The number of hydrogen-bond donors (Lipinski definition) is 1. The van der Waals surface area contributed by atoms with Gasteiger partial charge >= 0.3 is 0 Å². The van der Waals surface area contributed by atoms with Crippen molar-refractivity contribution in [2.24, 2.45) is 5.73 Å². The van der Waals surface area contributed by atoms with Gasteiger partial charge in [-0.2, -0.15) is 0 Å². The molecule has 3 amide bonds. The molecule has 7 heteroatoms. The normalized spacial score (nSPS) is 15.5. The molecular formula is C12H12N2O4S. The van der Waals surface area contributed by atoms with Crippen molar-refractivity contribution in [3.8, 4) is 0 Å². The van der Waals surface area contributed by atoms with Crippen LogP contribution in [-0.2, 0) is 9.59 Å². The zero-order chi connectivity index (χ0) is 14.2. The van der Waals surface area contributed by atoms with Crippen molar-refractivity contribution in [2.45, 2.75) is 25.8 Å². The lowest BCUT2D eigenvalue weighted by Crippen LogP contribution is -2.47. The second-order valence-electron chi connectivity index (χ2n) is 4.22. The van der Waals surface area contributed by atoms with Crippen LogP contribution < -0.4 is 5.73 Å². The molecule has 2 N–H and O–H groups in total. The van der Waals surface area contributed by atoms with Gasteiger partial charge in [0, 0.05) is 16.7 Å². The third-order valence-electron chi connectivity index (χ3n) is 3.05. The molecule has 0 radical (unpaired) electrons. The van der Waals surface area contributed by atoms with Gasteiger partial charge < -0.3 is 10.5 Å². The van der Waals surface area contributed by atoms with E-state index in [0.29, 0.717) is 17.4 Å². The molecule has 1 atom stereocenters. The molecule has 100 valence electrons. The van der Waals surface area contributed by atoms with Crippen LogP contribution in [0.5, 0.6) is 0 Å². The van der Waals surface area contributed by atoms with E-state index in [4.69, 9.17) is 5.73 Å². The minimum Gasteiger partial charge on any atom is -0.368 e. The molecule has 2 rings (SSSR count). The van der Waals surface area contributed by atoms with E-state index in [2.05, 4.69) is 0 Å². The number of fused-ring (bicyclic) bond motifs is 1. The first kappa shape index (κ1) is 13.4. The van der Waals surface area contributed by atoms with E-state index in [0.717, 1.165) is 9.78 Å². The fourth-order valence-corrected chi connectivity index (χ4v) is 2.96. The molecule has 1 unspecified atom stereocenters. The number of nitrogens with two attached hydrogens (primary N) is 1. The van der Waals surface area contributed by atoms with Crippen LogP contribution in [0.15, 0.2) is 5.38 Å². The SMILES string of the molecule is Cc1scc2c1C(=O)N(C(CCC=O)C(N)=O)C2=O. The standard InChI is InChI=1S/C12H12N2O4S/c1-6-9-7(5-19-6)11(17)14(12(9)18)8(10(13)16)3-2-4-15/h4-5,8H,2-3H2,1H3,(H2,13,16). The van der Waals surface area contributed by atoms with Crippen LogP contribution in [0.25, 0.3) is 0 Å². The molecule has 19 heavy (non-hydrogen) atoms. The summed E-state index contributed by atoms with van der Waals surface area (Å²) in [4.78, 5) is 47.8. The van der Waals surface area contributed by atoms with Crippen LogP contribution >= 0.6 is 11.3 Å². The van der Waals surface area contributed by atoms with Crippen LogP contribution in [0.3, 0.4) is 0 Å². The summed E-state index contributed by atoms with van der Waals surface area (Å²) in [6.07, 6.45) is 0.751. The van der Waals surface area contributed by atoms with Crippen LogP contribution in [0, 0.1) is 6.92 Å². The highest BCUT2D eigenvalue weighted by Crippen LogP contribution is 2.32. The first-order valence-corrected chi connectivity index (χ1v) is 6.56. The van der Waals surface area contributed by atoms with E-state index in [-0.39, 0.29) is 12.8 Å². The fraction of sp³-hybridized carbons (Fsp3) is 0.333. The Morgan fingerprint density at radius 1 is 1.47 bits per heavy atom. The molecule has 2 heterocycles. The fourth-order valence-electron chi connectivity index (χ4n) is 2.13. The molecule has 0 saturated carbocycles. The third-order valence-corrected chi connectivity index (χ3v) is 3.97. The smallest absolute Gasteiger partial charge is 0.263 e. The lowest BCUT2D eigenvalue weighted by molar-refractivity contribution is -0.122. The average molecular weight is 280 g/mol. The largest absolute Gasteiger partial charge is 0.368 e. The predicted molar refractivity (Wildman–Crippen MR) is 67.8 cm³/mol. The van der Waals surface area contributed by atoms with Crippen molar-refractivity contribution in [1.82, 2.24) is 4.90 Å². The summed E-state index contributed by atoms with van der Waals surface area (Å²) in [5.74, 6) is -1.80. The van der Waals surface area contributed by atoms with Crippen molar-refractivity contribution >= 4 is 35.3 Å². The monoisotopic (exact) mass is 280 g/mol. The van der Waals surface area contributed by atoms with Gasteiger partial charge in [-0.3, -0.25) is 19.3 Å². The van der Waals surface area contributed by atoms with E-state index in [9.17, 15) is 19.2 Å². The van der Waals surface area contributed by atoms with Gasteiger partial charge in [0.25, 0.3) is 11.8 Å². The Hall–Kier alpha value is -2.02. The highest BCUT2D eigenvalue weighted by Gasteiger charge is 2.43. The number of imide groups is 1. The number of primary amides is 1. The Balaban J connectivity index is 2.36. The number of aldehydes is 1. The van der Waals surface area contributed by atoms with Crippen LogP contribution in [0.1, 0.15) is 38.4 Å². The summed E-state index contributed by atoms with van der Waals surface area (Å²) in [7, 11) is 0. The molecule has 1 aliphatic rings. The van der Waals surface area contributed by atoms with Gasteiger partial charge in [0.2, 0.25) is 5.91 Å². The number of amides is 3. The number of aryl methyl sites for hydroxylation is 1. The zero-order valence-corrected chi connectivity index (χ0v) is 11.0. The molecule has 0 aliphatic carbocycles. The molecule has 1 aromatic heterocycles. The van der Waals surface area contributed by atoms with E-state index >= 15 is 0 Å². The zero-order valence-electron chi connectivity index (χ0n) is 10.2. The average Bonchev–Trinajstić information content (AvgIpc) is 2.84. The number of carbonyl (C=O) groups is 4. The number of nitrogens with zero attached hydrogens (tertiary/aromatic N) is 1.